The highest BCUT2D eigenvalue weighted by molar-refractivity contribution is 5.20. The molecule has 0 aromatic carbocycles. The predicted octanol–water partition coefficient (Wildman–Crippen LogP) is 7.31. The van der Waals surface area contributed by atoms with Crippen LogP contribution in [0.3, 0.4) is 0 Å². The molecule has 21 heavy (non-hydrogen) atoms. The normalized spacial score (nSPS) is 25.4. The van der Waals surface area contributed by atoms with Crippen LogP contribution in [0.1, 0.15) is 91.9 Å². The summed E-state index contributed by atoms with van der Waals surface area (Å²) in [5, 5.41) is 0. The average Bonchev–Trinajstić information content (AvgIpc) is 2.50. The summed E-state index contributed by atoms with van der Waals surface area (Å²) < 4.78 is 0. The quantitative estimate of drug-likeness (QED) is 0.390. The fraction of sp³-hybridized carbons (Fsp3) is 0.810. The van der Waals surface area contributed by atoms with Gasteiger partial charge in [-0.2, -0.15) is 0 Å². The Kier molecular flexibility index (Phi) is 9.79. The predicted molar refractivity (Wildman–Crippen MR) is 96.6 cm³/mol. The van der Waals surface area contributed by atoms with Gasteiger partial charge in [-0.1, -0.05) is 83.4 Å². The van der Waals surface area contributed by atoms with Gasteiger partial charge in [-0.05, 0) is 50.0 Å². The van der Waals surface area contributed by atoms with Crippen molar-refractivity contribution in [1.82, 2.24) is 0 Å². The summed E-state index contributed by atoms with van der Waals surface area (Å²) in [6.07, 6.45) is 21.2. The Bertz CT molecular complexity index is 302. The van der Waals surface area contributed by atoms with Gasteiger partial charge in [-0.25, -0.2) is 0 Å². The standard InChI is InChI=1S/C21H38/c1-5-8-12-21(20(7-3)10-6-2)13-9-11-19-16-14-18(4)15-17-19/h6-7,10,18-19,21H,5,8-9,11-17H2,1-4H3/b10-6-,20-7+. The van der Waals surface area contributed by atoms with Gasteiger partial charge in [0.1, 0.15) is 0 Å². The molecule has 1 aliphatic carbocycles. The summed E-state index contributed by atoms with van der Waals surface area (Å²) in [4.78, 5) is 0. The van der Waals surface area contributed by atoms with Crippen molar-refractivity contribution in [3.8, 4) is 0 Å². The zero-order chi connectivity index (χ0) is 15.5. The molecule has 1 rings (SSSR count). The van der Waals surface area contributed by atoms with E-state index in [1.807, 2.05) is 0 Å². The van der Waals surface area contributed by atoms with E-state index in [0.717, 1.165) is 17.8 Å². The zero-order valence-electron chi connectivity index (χ0n) is 15.0. The van der Waals surface area contributed by atoms with Crippen LogP contribution in [0.2, 0.25) is 0 Å². The fourth-order valence-electron chi connectivity index (χ4n) is 3.86. The molecule has 1 saturated carbocycles. The van der Waals surface area contributed by atoms with Crippen molar-refractivity contribution in [3.05, 3.63) is 23.8 Å². The SMILES string of the molecule is C/C=C\C(=C/C)C(CCCC)CCCC1CCC(C)CC1. The maximum Gasteiger partial charge on any atom is -0.0165 e. The first-order chi connectivity index (χ1) is 10.2. The molecule has 1 unspecified atom stereocenters. The lowest BCUT2D eigenvalue weighted by molar-refractivity contribution is 0.268. The first-order valence-corrected chi connectivity index (χ1v) is 9.50. The van der Waals surface area contributed by atoms with Gasteiger partial charge in [0.25, 0.3) is 0 Å². The Balaban J connectivity index is 2.38. The highest BCUT2D eigenvalue weighted by Crippen LogP contribution is 2.33. The van der Waals surface area contributed by atoms with E-state index in [2.05, 4.69) is 45.9 Å². The molecule has 0 heteroatoms. The molecule has 1 fully saturated rings. The van der Waals surface area contributed by atoms with Crippen molar-refractivity contribution >= 4 is 0 Å². The molecular weight excluding hydrogens is 252 g/mol. The van der Waals surface area contributed by atoms with Crippen LogP contribution < -0.4 is 0 Å². The van der Waals surface area contributed by atoms with Crippen molar-refractivity contribution < 1.29 is 0 Å². The molecule has 0 spiro atoms. The number of allylic oxidation sites excluding steroid dienone is 4. The van der Waals surface area contributed by atoms with Crippen molar-refractivity contribution in [2.75, 3.05) is 0 Å². The third kappa shape index (κ3) is 7.34. The van der Waals surface area contributed by atoms with Gasteiger partial charge in [-0.15, -0.1) is 0 Å². The largest absolute Gasteiger partial charge is 0.0874 e. The molecule has 0 aromatic heterocycles. The molecule has 0 bridgehead atoms. The summed E-state index contributed by atoms with van der Waals surface area (Å²) in [5.41, 5.74) is 1.57. The van der Waals surface area contributed by atoms with E-state index in [-0.39, 0.29) is 0 Å². The minimum absolute atomic E-state index is 0.800. The molecule has 0 radical (unpaired) electrons. The monoisotopic (exact) mass is 290 g/mol. The van der Waals surface area contributed by atoms with Crippen LogP contribution in [0.15, 0.2) is 23.8 Å². The molecule has 1 atom stereocenters. The zero-order valence-corrected chi connectivity index (χ0v) is 15.0. The highest BCUT2D eigenvalue weighted by Gasteiger charge is 2.18. The van der Waals surface area contributed by atoms with Gasteiger partial charge in [0, 0.05) is 0 Å². The second kappa shape index (κ2) is 11.1. The smallest absolute Gasteiger partial charge is 0.0165 e. The van der Waals surface area contributed by atoms with E-state index in [0.29, 0.717) is 0 Å². The summed E-state index contributed by atoms with van der Waals surface area (Å²) in [5.74, 6) is 2.82. The van der Waals surface area contributed by atoms with Crippen LogP contribution in [-0.4, -0.2) is 0 Å². The Labute approximate surface area is 134 Å². The van der Waals surface area contributed by atoms with Crippen LogP contribution >= 0.6 is 0 Å². The van der Waals surface area contributed by atoms with Crippen LogP contribution in [0.5, 0.6) is 0 Å². The van der Waals surface area contributed by atoms with E-state index in [4.69, 9.17) is 0 Å². The number of hydrogen-bond donors (Lipinski definition) is 0. The average molecular weight is 291 g/mol. The second-order valence-corrected chi connectivity index (χ2v) is 7.18. The lowest BCUT2D eigenvalue weighted by Gasteiger charge is -2.27. The van der Waals surface area contributed by atoms with Crippen LogP contribution in [0.4, 0.5) is 0 Å². The first-order valence-electron chi connectivity index (χ1n) is 9.50. The number of hydrogen-bond acceptors (Lipinski definition) is 0. The Morgan fingerprint density at radius 2 is 1.71 bits per heavy atom. The van der Waals surface area contributed by atoms with E-state index >= 15 is 0 Å². The third-order valence-corrected chi connectivity index (χ3v) is 5.37. The molecule has 0 saturated heterocycles. The summed E-state index contributed by atoms with van der Waals surface area (Å²) in [7, 11) is 0. The molecule has 0 aliphatic heterocycles. The fourth-order valence-corrected chi connectivity index (χ4v) is 3.86. The third-order valence-electron chi connectivity index (χ3n) is 5.37. The Hall–Kier alpha value is -0.520. The van der Waals surface area contributed by atoms with Gasteiger partial charge in [0.2, 0.25) is 0 Å². The molecule has 122 valence electrons. The minimum atomic E-state index is 0.800. The van der Waals surface area contributed by atoms with Crippen LogP contribution in [0.25, 0.3) is 0 Å². The lowest BCUT2D eigenvalue weighted by Crippen LogP contribution is -2.13. The van der Waals surface area contributed by atoms with Crippen molar-refractivity contribution in [3.63, 3.8) is 0 Å². The van der Waals surface area contributed by atoms with Crippen LogP contribution in [-0.2, 0) is 0 Å². The topological polar surface area (TPSA) is 0 Å². The van der Waals surface area contributed by atoms with Crippen molar-refractivity contribution in [1.29, 1.82) is 0 Å². The van der Waals surface area contributed by atoms with Gasteiger partial charge in [0.05, 0.1) is 0 Å². The summed E-state index contributed by atoms with van der Waals surface area (Å²) in [6.45, 7) is 9.08. The molecule has 0 nitrogen and oxygen atoms in total. The lowest BCUT2D eigenvalue weighted by atomic mass is 9.79. The van der Waals surface area contributed by atoms with E-state index in [1.165, 1.54) is 64.2 Å². The van der Waals surface area contributed by atoms with Gasteiger partial charge in [0.15, 0.2) is 0 Å². The van der Waals surface area contributed by atoms with E-state index in [1.54, 1.807) is 5.57 Å². The van der Waals surface area contributed by atoms with Gasteiger partial charge < -0.3 is 0 Å². The van der Waals surface area contributed by atoms with Gasteiger partial charge in [-0.3, -0.25) is 0 Å². The van der Waals surface area contributed by atoms with E-state index in [9.17, 15) is 0 Å². The van der Waals surface area contributed by atoms with Gasteiger partial charge >= 0.3 is 0 Å². The molecular formula is C21H38. The summed E-state index contributed by atoms with van der Waals surface area (Å²) >= 11 is 0. The highest BCUT2D eigenvalue weighted by atomic mass is 14.2. The second-order valence-electron chi connectivity index (χ2n) is 7.18. The van der Waals surface area contributed by atoms with Crippen LogP contribution in [0, 0.1) is 17.8 Å². The Morgan fingerprint density at radius 1 is 1.05 bits per heavy atom. The maximum atomic E-state index is 2.42. The maximum absolute atomic E-state index is 2.42. The molecule has 1 aliphatic rings. The van der Waals surface area contributed by atoms with Crippen molar-refractivity contribution in [2.24, 2.45) is 17.8 Å². The molecule has 0 aromatic rings. The summed E-state index contributed by atoms with van der Waals surface area (Å²) in [6, 6.07) is 0. The number of rotatable bonds is 9. The Morgan fingerprint density at radius 3 is 2.29 bits per heavy atom. The van der Waals surface area contributed by atoms with E-state index < -0.39 is 0 Å². The molecule has 0 amide bonds. The molecule has 0 N–H and O–H groups in total. The first kappa shape index (κ1) is 18.5. The minimum Gasteiger partial charge on any atom is -0.0874 e. The van der Waals surface area contributed by atoms with Crippen molar-refractivity contribution in [2.45, 2.75) is 91.9 Å². The molecule has 0 heterocycles. The number of unbranched alkanes of at least 4 members (excludes halogenated alkanes) is 1.